The lowest BCUT2D eigenvalue weighted by atomic mass is 10.2. The Morgan fingerprint density at radius 2 is 1.70 bits per heavy atom. The normalized spacial score (nSPS) is 10.2. The number of nitrogens with zero attached hydrogens (tertiary/aromatic N) is 1. The molecule has 0 bridgehead atoms. The van der Waals surface area contributed by atoms with Crippen molar-refractivity contribution in [2.24, 2.45) is 0 Å². The van der Waals surface area contributed by atoms with Crippen LogP contribution in [0.3, 0.4) is 0 Å². The van der Waals surface area contributed by atoms with Crippen molar-refractivity contribution in [2.45, 2.75) is 0 Å². The van der Waals surface area contributed by atoms with Crippen LogP contribution in [0.4, 0.5) is 22.7 Å². The van der Waals surface area contributed by atoms with Crippen molar-refractivity contribution < 1.29 is 4.92 Å². The van der Waals surface area contributed by atoms with Gasteiger partial charge in [-0.15, -0.1) is 0 Å². The number of nitro benzene ring substituents is 1. The fraction of sp³-hybridized carbons (Fsp3) is 0.0769. The van der Waals surface area contributed by atoms with Crippen molar-refractivity contribution in [3.63, 3.8) is 0 Å². The van der Waals surface area contributed by atoms with E-state index in [9.17, 15) is 10.1 Å². The van der Waals surface area contributed by atoms with E-state index in [1.807, 2.05) is 18.2 Å². The molecular weight excluding hydrogens is 390 g/mol. The van der Waals surface area contributed by atoms with E-state index in [-0.39, 0.29) is 5.69 Å². The van der Waals surface area contributed by atoms with Crippen LogP contribution in [0.2, 0.25) is 0 Å². The number of halogens is 2. The molecule has 0 amide bonds. The molecule has 0 atom stereocenters. The van der Waals surface area contributed by atoms with Gasteiger partial charge >= 0.3 is 0 Å². The van der Waals surface area contributed by atoms with Gasteiger partial charge in [0, 0.05) is 39.5 Å². The second-order valence-corrected chi connectivity index (χ2v) is 5.71. The molecule has 0 saturated heterocycles. The molecule has 2 rings (SSSR count). The lowest BCUT2D eigenvalue weighted by Gasteiger charge is -2.12. The van der Waals surface area contributed by atoms with E-state index < -0.39 is 4.92 Å². The molecule has 2 aromatic carbocycles. The molecule has 0 aromatic heterocycles. The highest BCUT2D eigenvalue weighted by Gasteiger charge is 2.11. The highest BCUT2D eigenvalue weighted by Crippen LogP contribution is 2.34. The first-order valence-electron chi connectivity index (χ1n) is 5.69. The second kappa shape index (κ2) is 6.23. The summed E-state index contributed by atoms with van der Waals surface area (Å²) < 4.78 is 1.73. The molecule has 0 spiro atoms. The van der Waals surface area contributed by atoms with E-state index >= 15 is 0 Å². The highest BCUT2D eigenvalue weighted by molar-refractivity contribution is 9.11. The molecule has 2 aromatic rings. The zero-order valence-electron chi connectivity index (χ0n) is 10.5. The lowest BCUT2D eigenvalue weighted by molar-refractivity contribution is -0.384. The Kier molecular flexibility index (Phi) is 4.61. The molecular formula is C13H11Br2N3O2. The Morgan fingerprint density at radius 1 is 1.10 bits per heavy atom. The first-order valence-corrected chi connectivity index (χ1v) is 7.28. The van der Waals surface area contributed by atoms with Crippen molar-refractivity contribution in [1.82, 2.24) is 0 Å². The highest BCUT2D eigenvalue weighted by atomic mass is 79.9. The van der Waals surface area contributed by atoms with Gasteiger partial charge < -0.3 is 10.6 Å². The number of non-ortho nitro benzene ring substituents is 1. The van der Waals surface area contributed by atoms with E-state index in [0.29, 0.717) is 11.4 Å². The Balaban J connectivity index is 2.43. The third-order valence-corrected chi connectivity index (χ3v) is 3.97. The van der Waals surface area contributed by atoms with Gasteiger partial charge in [0.05, 0.1) is 10.6 Å². The molecule has 0 aliphatic heterocycles. The number of hydrogen-bond acceptors (Lipinski definition) is 4. The fourth-order valence-corrected chi connectivity index (χ4v) is 2.89. The number of nitrogens with one attached hydrogen (secondary N) is 2. The smallest absolute Gasteiger partial charge is 0.273 e. The Bertz CT molecular complexity index is 642. The van der Waals surface area contributed by atoms with Gasteiger partial charge in [-0.05, 0) is 50.1 Å². The van der Waals surface area contributed by atoms with E-state index in [0.717, 1.165) is 14.6 Å². The monoisotopic (exact) mass is 399 g/mol. The van der Waals surface area contributed by atoms with Gasteiger partial charge in [0.1, 0.15) is 0 Å². The number of benzene rings is 2. The van der Waals surface area contributed by atoms with Gasteiger partial charge in [0.15, 0.2) is 0 Å². The van der Waals surface area contributed by atoms with E-state index in [1.54, 1.807) is 13.1 Å². The summed E-state index contributed by atoms with van der Waals surface area (Å²) in [5.74, 6) is 0. The predicted octanol–water partition coefficient (Wildman–Crippen LogP) is 4.91. The van der Waals surface area contributed by atoms with Crippen LogP contribution in [0.1, 0.15) is 0 Å². The first kappa shape index (κ1) is 14.8. The summed E-state index contributed by atoms with van der Waals surface area (Å²) in [6.45, 7) is 0. The summed E-state index contributed by atoms with van der Waals surface area (Å²) in [5, 5.41) is 17.0. The van der Waals surface area contributed by atoms with Crippen LogP contribution in [-0.2, 0) is 0 Å². The average molecular weight is 401 g/mol. The molecule has 104 valence electrons. The summed E-state index contributed by atoms with van der Waals surface area (Å²) in [6, 6.07) is 10.5. The largest absolute Gasteiger partial charge is 0.388 e. The van der Waals surface area contributed by atoms with Crippen LogP contribution in [0.15, 0.2) is 45.3 Å². The molecule has 0 unspecified atom stereocenters. The molecule has 20 heavy (non-hydrogen) atoms. The molecule has 0 saturated carbocycles. The number of para-hydroxylation sites is 1. The maximum atomic E-state index is 10.9. The van der Waals surface area contributed by atoms with Gasteiger partial charge in [-0.3, -0.25) is 10.1 Å². The van der Waals surface area contributed by atoms with Crippen molar-refractivity contribution >= 4 is 54.6 Å². The summed E-state index contributed by atoms with van der Waals surface area (Å²) >= 11 is 6.89. The lowest BCUT2D eigenvalue weighted by Crippen LogP contribution is -1.97. The van der Waals surface area contributed by atoms with E-state index in [2.05, 4.69) is 42.5 Å². The minimum Gasteiger partial charge on any atom is -0.388 e. The molecule has 0 aliphatic carbocycles. The van der Waals surface area contributed by atoms with Crippen LogP contribution in [0.5, 0.6) is 0 Å². The Hall–Kier alpha value is -1.60. The number of nitro groups is 1. The number of anilines is 3. The van der Waals surface area contributed by atoms with Crippen LogP contribution >= 0.6 is 31.9 Å². The molecule has 0 heterocycles. The first-order chi connectivity index (χ1) is 9.51. The molecule has 5 nitrogen and oxygen atoms in total. The summed E-state index contributed by atoms with van der Waals surface area (Å²) in [5.41, 5.74) is 2.15. The quantitative estimate of drug-likeness (QED) is 0.565. The van der Waals surface area contributed by atoms with Gasteiger partial charge in [0.25, 0.3) is 5.69 Å². The molecule has 0 fully saturated rings. The predicted molar refractivity (Wildman–Crippen MR) is 87.8 cm³/mol. The van der Waals surface area contributed by atoms with E-state index in [1.165, 1.54) is 12.1 Å². The molecule has 2 N–H and O–H groups in total. The Labute approximate surface area is 132 Å². The van der Waals surface area contributed by atoms with Crippen molar-refractivity contribution in [1.29, 1.82) is 0 Å². The van der Waals surface area contributed by atoms with Gasteiger partial charge in [-0.1, -0.05) is 6.07 Å². The topological polar surface area (TPSA) is 67.2 Å². The van der Waals surface area contributed by atoms with Crippen LogP contribution in [0, 0.1) is 10.1 Å². The minimum atomic E-state index is -0.416. The van der Waals surface area contributed by atoms with Crippen molar-refractivity contribution in [2.75, 3.05) is 17.7 Å². The summed E-state index contributed by atoms with van der Waals surface area (Å²) in [7, 11) is 1.72. The molecule has 0 radical (unpaired) electrons. The van der Waals surface area contributed by atoms with Crippen LogP contribution in [0.25, 0.3) is 0 Å². The third kappa shape index (κ3) is 3.29. The zero-order chi connectivity index (χ0) is 14.7. The van der Waals surface area contributed by atoms with Crippen molar-refractivity contribution in [3.8, 4) is 0 Å². The number of hydrogen-bond donors (Lipinski definition) is 2. The summed E-state index contributed by atoms with van der Waals surface area (Å²) in [4.78, 5) is 10.5. The maximum absolute atomic E-state index is 10.9. The standard InChI is InChI=1S/C13H11Br2N3O2/c1-16-8-5-9(7-10(6-8)18(19)20)17-13-11(14)3-2-4-12(13)15/h2-7,16-17H,1H3. The fourth-order valence-electron chi connectivity index (χ4n) is 1.69. The van der Waals surface area contributed by atoms with Crippen LogP contribution in [-0.4, -0.2) is 12.0 Å². The van der Waals surface area contributed by atoms with Crippen molar-refractivity contribution in [3.05, 3.63) is 55.5 Å². The third-order valence-electron chi connectivity index (χ3n) is 2.65. The average Bonchev–Trinajstić information content (AvgIpc) is 2.42. The molecule has 7 heteroatoms. The van der Waals surface area contributed by atoms with Gasteiger partial charge in [-0.25, -0.2) is 0 Å². The Morgan fingerprint density at radius 3 is 2.25 bits per heavy atom. The van der Waals surface area contributed by atoms with Gasteiger partial charge in [-0.2, -0.15) is 0 Å². The summed E-state index contributed by atoms with van der Waals surface area (Å²) in [6.07, 6.45) is 0. The van der Waals surface area contributed by atoms with Crippen LogP contribution < -0.4 is 10.6 Å². The van der Waals surface area contributed by atoms with E-state index in [4.69, 9.17) is 0 Å². The SMILES string of the molecule is CNc1cc(Nc2c(Br)cccc2Br)cc([N+](=O)[O-])c1. The molecule has 0 aliphatic rings. The van der Waals surface area contributed by atoms with Gasteiger partial charge in [0.2, 0.25) is 0 Å². The second-order valence-electron chi connectivity index (χ2n) is 4.00. The minimum absolute atomic E-state index is 0.0301. The maximum Gasteiger partial charge on any atom is 0.273 e. The number of rotatable bonds is 4. The zero-order valence-corrected chi connectivity index (χ0v) is 13.7.